The van der Waals surface area contributed by atoms with Gasteiger partial charge >= 0.3 is 0 Å². The number of halogens is 2. The van der Waals surface area contributed by atoms with E-state index in [2.05, 4.69) is 6.08 Å². The topological polar surface area (TPSA) is 0 Å². The second kappa shape index (κ2) is 3.48. The fourth-order valence-electron chi connectivity index (χ4n) is 1.08. The Morgan fingerprint density at radius 1 is 1.67 bits per heavy atom. The third-order valence-electron chi connectivity index (χ3n) is 1.61. The summed E-state index contributed by atoms with van der Waals surface area (Å²) >= 11 is 11.4. The Morgan fingerprint density at radius 2 is 2.44 bits per heavy atom. The van der Waals surface area contributed by atoms with Gasteiger partial charge < -0.3 is 0 Å². The van der Waals surface area contributed by atoms with E-state index in [1.54, 1.807) is 0 Å². The van der Waals surface area contributed by atoms with Crippen LogP contribution in [0.25, 0.3) is 0 Å². The molecule has 2 heteroatoms. The van der Waals surface area contributed by atoms with Crippen molar-refractivity contribution in [3.05, 3.63) is 11.1 Å². The molecule has 1 rings (SSSR count). The van der Waals surface area contributed by atoms with Crippen molar-refractivity contribution in [2.45, 2.75) is 19.3 Å². The molecule has 1 unspecified atom stereocenters. The first-order valence-corrected chi connectivity index (χ1v) is 4.16. The number of rotatable bonds is 1. The van der Waals surface area contributed by atoms with E-state index in [1.165, 1.54) is 12.8 Å². The van der Waals surface area contributed by atoms with E-state index in [9.17, 15) is 0 Å². The molecule has 0 bridgehead atoms. The zero-order valence-electron chi connectivity index (χ0n) is 5.24. The van der Waals surface area contributed by atoms with Crippen LogP contribution in [0, 0.1) is 5.92 Å². The minimum Gasteiger partial charge on any atom is -0.126 e. The van der Waals surface area contributed by atoms with Crippen LogP contribution in [0.5, 0.6) is 0 Å². The van der Waals surface area contributed by atoms with E-state index >= 15 is 0 Å². The molecule has 0 aromatic carbocycles. The van der Waals surface area contributed by atoms with Gasteiger partial charge in [0.15, 0.2) is 0 Å². The van der Waals surface area contributed by atoms with Gasteiger partial charge in [-0.25, -0.2) is 0 Å². The largest absolute Gasteiger partial charge is 0.126 e. The predicted molar refractivity (Wildman–Crippen MR) is 42.0 cm³/mol. The Kier molecular flexibility index (Phi) is 2.87. The van der Waals surface area contributed by atoms with Gasteiger partial charge in [-0.1, -0.05) is 17.7 Å². The normalized spacial score (nSPS) is 27.8. The standard InChI is InChI=1S/C7H10Cl2/c8-5-6-2-1-3-7(9)4-6/h4,6H,1-3,5H2. The van der Waals surface area contributed by atoms with E-state index in [1.807, 2.05) is 0 Å². The summed E-state index contributed by atoms with van der Waals surface area (Å²) in [5.41, 5.74) is 0. The number of hydrogen-bond donors (Lipinski definition) is 0. The summed E-state index contributed by atoms with van der Waals surface area (Å²) in [5.74, 6) is 1.25. The molecule has 0 aromatic heterocycles. The lowest BCUT2D eigenvalue weighted by Gasteiger charge is -2.14. The van der Waals surface area contributed by atoms with Crippen molar-refractivity contribution in [2.75, 3.05) is 5.88 Å². The molecule has 0 radical (unpaired) electrons. The lowest BCUT2D eigenvalue weighted by molar-refractivity contribution is 0.584. The molecule has 52 valence electrons. The SMILES string of the molecule is ClCC1C=C(Cl)CCC1. The maximum absolute atomic E-state index is 5.79. The molecule has 0 aliphatic heterocycles. The Bertz CT molecular complexity index is 118. The van der Waals surface area contributed by atoms with Gasteiger partial charge in [-0.15, -0.1) is 11.6 Å². The van der Waals surface area contributed by atoms with Gasteiger partial charge in [0.1, 0.15) is 0 Å². The van der Waals surface area contributed by atoms with Crippen molar-refractivity contribution in [3.8, 4) is 0 Å². The lowest BCUT2D eigenvalue weighted by atomic mass is 9.98. The summed E-state index contributed by atoms with van der Waals surface area (Å²) < 4.78 is 0. The summed E-state index contributed by atoms with van der Waals surface area (Å²) in [4.78, 5) is 0. The highest BCUT2D eigenvalue weighted by atomic mass is 35.5. The molecule has 9 heavy (non-hydrogen) atoms. The maximum Gasteiger partial charge on any atom is 0.0286 e. The van der Waals surface area contributed by atoms with Gasteiger partial charge in [0.05, 0.1) is 0 Å². The summed E-state index contributed by atoms with van der Waals surface area (Å²) in [6, 6.07) is 0. The van der Waals surface area contributed by atoms with E-state index < -0.39 is 0 Å². The quantitative estimate of drug-likeness (QED) is 0.523. The van der Waals surface area contributed by atoms with Crippen molar-refractivity contribution >= 4 is 23.2 Å². The predicted octanol–water partition coefficient (Wildman–Crippen LogP) is 3.15. The minimum atomic E-state index is 0.535. The molecule has 0 nitrogen and oxygen atoms in total. The molecule has 0 saturated heterocycles. The molecule has 0 heterocycles. The summed E-state index contributed by atoms with van der Waals surface area (Å²) in [6.45, 7) is 0. The van der Waals surface area contributed by atoms with Crippen LogP contribution in [0.1, 0.15) is 19.3 Å². The van der Waals surface area contributed by atoms with Gasteiger partial charge in [-0.3, -0.25) is 0 Å². The van der Waals surface area contributed by atoms with Crippen LogP contribution < -0.4 is 0 Å². The van der Waals surface area contributed by atoms with Crippen molar-refractivity contribution in [1.82, 2.24) is 0 Å². The van der Waals surface area contributed by atoms with Crippen LogP contribution in [-0.4, -0.2) is 5.88 Å². The summed E-state index contributed by atoms with van der Waals surface area (Å²) in [5, 5.41) is 0.993. The van der Waals surface area contributed by atoms with Crippen molar-refractivity contribution < 1.29 is 0 Å². The van der Waals surface area contributed by atoms with Crippen LogP contribution in [0.2, 0.25) is 0 Å². The molecule has 0 N–H and O–H groups in total. The first-order chi connectivity index (χ1) is 4.33. The molecular formula is C7H10Cl2. The summed E-state index contributed by atoms with van der Waals surface area (Å²) in [7, 11) is 0. The number of hydrogen-bond acceptors (Lipinski definition) is 0. The highest BCUT2D eigenvalue weighted by Gasteiger charge is 2.10. The molecular weight excluding hydrogens is 155 g/mol. The Hall–Kier alpha value is 0.320. The fourth-order valence-corrected chi connectivity index (χ4v) is 1.63. The molecule has 0 fully saturated rings. The third kappa shape index (κ3) is 2.19. The smallest absolute Gasteiger partial charge is 0.0286 e. The van der Waals surface area contributed by atoms with Crippen LogP contribution in [0.3, 0.4) is 0 Å². The van der Waals surface area contributed by atoms with Gasteiger partial charge in [0, 0.05) is 10.9 Å². The second-order valence-corrected chi connectivity index (χ2v) is 3.21. The average Bonchev–Trinajstić information content (AvgIpc) is 1.88. The highest BCUT2D eigenvalue weighted by Crippen LogP contribution is 2.25. The van der Waals surface area contributed by atoms with Gasteiger partial charge in [-0.2, -0.15) is 0 Å². The molecule has 0 saturated carbocycles. The highest BCUT2D eigenvalue weighted by molar-refractivity contribution is 6.29. The first-order valence-electron chi connectivity index (χ1n) is 3.25. The monoisotopic (exact) mass is 164 g/mol. The van der Waals surface area contributed by atoms with Gasteiger partial charge in [0.25, 0.3) is 0 Å². The fraction of sp³-hybridized carbons (Fsp3) is 0.714. The number of alkyl halides is 1. The zero-order valence-corrected chi connectivity index (χ0v) is 6.75. The average molecular weight is 165 g/mol. The first kappa shape index (κ1) is 7.43. The summed E-state index contributed by atoms with van der Waals surface area (Å²) in [6.07, 6.45) is 5.54. The molecule has 0 aromatic rings. The van der Waals surface area contributed by atoms with Crippen LogP contribution in [0.4, 0.5) is 0 Å². The molecule has 1 atom stereocenters. The molecule has 0 amide bonds. The van der Waals surface area contributed by atoms with Crippen molar-refractivity contribution in [1.29, 1.82) is 0 Å². The lowest BCUT2D eigenvalue weighted by Crippen LogP contribution is -2.03. The third-order valence-corrected chi connectivity index (χ3v) is 2.32. The Labute approximate surface area is 65.8 Å². The van der Waals surface area contributed by atoms with Crippen LogP contribution in [-0.2, 0) is 0 Å². The second-order valence-electron chi connectivity index (χ2n) is 2.42. The van der Waals surface area contributed by atoms with Gasteiger partial charge in [-0.05, 0) is 25.2 Å². The maximum atomic E-state index is 5.79. The minimum absolute atomic E-state index is 0.535. The van der Waals surface area contributed by atoms with Gasteiger partial charge in [0.2, 0.25) is 0 Å². The molecule has 0 spiro atoms. The van der Waals surface area contributed by atoms with E-state index in [0.29, 0.717) is 5.92 Å². The van der Waals surface area contributed by atoms with Crippen LogP contribution >= 0.6 is 23.2 Å². The van der Waals surface area contributed by atoms with Crippen LogP contribution in [0.15, 0.2) is 11.1 Å². The number of allylic oxidation sites excluding steroid dienone is 2. The van der Waals surface area contributed by atoms with E-state index in [4.69, 9.17) is 23.2 Å². The van der Waals surface area contributed by atoms with Crippen molar-refractivity contribution in [3.63, 3.8) is 0 Å². The molecule has 1 aliphatic rings. The van der Waals surface area contributed by atoms with E-state index in [0.717, 1.165) is 17.3 Å². The van der Waals surface area contributed by atoms with E-state index in [-0.39, 0.29) is 0 Å². The zero-order chi connectivity index (χ0) is 6.69. The Balaban J connectivity index is 2.47. The molecule has 1 aliphatic carbocycles. The Morgan fingerprint density at radius 3 is 2.89 bits per heavy atom. The van der Waals surface area contributed by atoms with Crippen molar-refractivity contribution in [2.24, 2.45) is 5.92 Å².